The van der Waals surface area contributed by atoms with Crippen molar-refractivity contribution < 1.29 is 9.90 Å². The van der Waals surface area contributed by atoms with Crippen molar-refractivity contribution in [2.75, 3.05) is 17.7 Å². The number of nitrogens with zero attached hydrogens (tertiary/aromatic N) is 2. The van der Waals surface area contributed by atoms with Crippen molar-refractivity contribution in [3.05, 3.63) is 40.5 Å². The summed E-state index contributed by atoms with van der Waals surface area (Å²) >= 11 is 7.26. The number of halogens is 1. The molecule has 8 heteroatoms. The maximum Gasteiger partial charge on any atom is 0.230 e. The number of carbonyl (C=O) groups is 1. The molecule has 1 heterocycles. The van der Waals surface area contributed by atoms with E-state index in [1.807, 2.05) is 32.0 Å². The average Bonchev–Trinajstić information content (AvgIpc) is 2.56. The molecular formula is C17H21ClN4O2S. The van der Waals surface area contributed by atoms with Crippen LogP contribution in [0.1, 0.15) is 18.1 Å². The number of aliphatic hydroxyl groups excluding tert-OH is 1. The highest BCUT2D eigenvalue weighted by Gasteiger charge is 2.10. The van der Waals surface area contributed by atoms with Gasteiger partial charge >= 0.3 is 0 Å². The molecule has 0 saturated carbocycles. The van der Waals surface area contributed by atoms with Gasteiger partial charge in [0.25, 0.3) is 0 Å². The van der Waals surface area contributed by atoms with E-state index in [0.29, 0.717) is 16.1 Å². The van der Waals surface area contributed by atoms with E-state index in [9.17, 15) is 4.79 Å². The Bertz CT molecular complexity index is 757. The fraction of sp³-hybridized carbons (Fsp3) is 0.353. The van der Waals surface area contributed by atoms with Crippen LogP contribution in [0, 0.1) is 13.8 Å². The first-order valence-corrected chi connectivity index (χ1v) is 9.16. The Hall–Kier alpha value is -1.83. The van der Waals surface area contributed by atoms with E-state index in [0.717, 1.165) is 11.3 Å². The molecule has 6 nitrogen and oxygen atoms in total. The van der Waals surface area contributed by atoms with Crippen LogP contribution in [0.4, 0.5) is 11.5 Å². The van der Waals surface area contributed by atoms with Crippen LogP contribution in [-0.4, -0.2) is 39.4 Å². The highest BCUT2D eigenvalue weighted by molar-refractivity contribution is 7.99. The predicted molar refractivity (Wildman–Crippen MR) is 102 cm³/mol. The van der Waals surface area contributed by atoms with Crippen LogP contribution >= 0.6 is 23.4 Å². The monoisotopic (exact) mass is 380 g/mol. The maximum absolute atomic E-state index is 11.8. The van der Waals surface area contributed by atoms with E-state index in [-0.39, 0.29) is 24.3 Å². The second-order valence-electron chi connectivity index (χ2n) is 5.67. The normalized spacial score (nSPS) is 11.9. The van der Waals surface area contributed by atoms with Crippen LogP contribution in [0.5, 0.6) is 0 Å². The van der Waals surface area contributed by atoms with E-state index >= 15 is 0 Å². The highest BCUT2D eigenvalue weighted by Crippen LogP contribution is 2.25. The van der Waals surface area contributed by atoms with Gasteiger partial charge in [-0.1, -0.05) is 35.5 Å². The largest absolute Gasteiger partial charge is 0.394 e. The van der Waals surface area contributed by atoms with Crippen molar-refractivity contribution in [1.29, 1.82) is 0 Å². The van der Waals surface area contributed by atoms with Crippen molar-refractivity contribution in [2.45, 2.75) is 32.0 Å². The van der Waals surface area contributed by atoms with Crippen LogP contribution in [-0.2, 0) is 4.79 Å². The number of rotatable bonds is 7. The van der Waals surface area contributed by atoms with Gasteiger partial charge in [-0.15, -0.1) is 0 Å². The minimum Gasteiger partial charge on any atom is -0.394 e. The molecule has 2 aromatic rings. The minimum atomic E-state index is -0.282. The van der Waals surface area contributed by atoms with Crippen LogP contribution in [0.2, 0.25) is 5.15 Å². The van der Waals surface area contributed by atoms with Crippen LogP contribution in [0.25, 0.3) is 0 Å². The lowest BCUT2D eigenvalue weighted by Crippen LogP contribution is -2.36. The number of aryl methyl sites for hydroxylation is 1. The third-order valence-electron chi connectivity index (χ3n) is 3.56. The lowest BCUT2D eigenvalue weighted by molar-refractivity contribution is -0.119. The first kappa shape index (κ1) is 19.5. The Morgan fingerprint density at radius 2 is 2.12 bits per heavy atom. The summed E-state index contributed by atoms with van der Waals surface area (Å²) in [5, 5.41) is 15.6. The Morgan fingerprint density at radius 1 is 1.36 bits per heavy atom. The van der Waals surface area contributed by atoms with Gasteiger partial charge in [0.15, 0.2) is 5.16 Å². The third kappa shape index (κ3) is 5.88. The summed E-state index contributed by atoms with van der Waals surface area (Å²) in [6, 6.07) is 7.34. The van der Waals surface area contributed by atoms with Crippen molar-refractivity contribution in [3.63, 3.8) is 0 Å². The molecule has 1 aromatic carbocycles. The van der Waals surface area contributed by atoms with E-state index in [1.54, 1.807) is 13.0 Å². The number of benzene rings is 1. The zero-order valence-corrected chi connectivity index (χ0v) is 15.9. The van der Waals surface area contributed by atoms with E-state index in [1.165, 1.54) is 17.3 Å². The van der Waals surface area contributed by atoms with Gasteiger partial charge in [-0.3, -0.25) is 4.79 Å². The molecule has 25 heavy (non-hydrogen) atoms. The Labute approximate surface area is 156 Å². The number of aliphatic hydroxyl groups is 1. The molecule has 0 saturated heterocycles. The molecule has 1 atom stereocenters. The molecule has 0 aliphatic carbocycles. The standard InChI is InChI=1S/C17H21ClN4O2S/c1-10-5-4-6-13(12(10)3)20-15-7-14(18)21-17(22-15)25-9-16(24)19-11(2)8-23/h4-7,11,23H,8-9H2,1-3H3,(H,19,24)(H,20,21,22). The molecule has 1 aromatic heterocycles. The van der Waals surface area contributed by atoms with E-state index in [2.05, 4.69) is 20.6 Å². The summed E-state index contributed by atoms with van der Waals surface area (Å²) in [7, 11) is 0. The molecule has 0 fully saturated rings. The quantitative estimate of drug-likeness (QED) is 0.388. The molecule has 2 rings (SSSR count). The third-order valence-corrected chi connectivity index (χ3v) is 4.60. The number of hydrogen-bond acceptors (Lipinski definition) is 6. The molecular weight excluding hydrogens is 360 g/mol. The van der Waals surface area contributed by atoms with Gasteiger partial charge < -0.3 is 15.7 Å². The van der Waals surface area contributed by atoms with Crippen LogP contribution in [0.15, 0.2) is 29.4 Å². The first-order chi connectivity index (χ1) is 11.9. The number of carbonyl (C=O) groups excluding carboxylic acids is 1. The second-order valence-corrected chi connectivity index (χ2v) is 7.00. The topological polar surface area (TPSA) is 87.1 Å². The first-order valence-electron chi connectivity index (χ1n) is 7.80. The van der Waals surface area contributed by atoms with Gasteiger partial charge in [-0.2, -0.15) is 0 Å². The zero-order valence-electron chi connectivity index (χ0n) is 14.3. The minimum absolute atomic E-state index is 0.103. The maximum atomic E-state index is 11.8. The van der Waals surface area contributed by atoms with Crippen molar-refractivity contribution in [3.8, 4) is 0 Å². The number of amides is 1. The molecule has 0 aliphatic rings. The predicted octanol–water partition coefficient (Wildman–Crippen LogP) is 3.08. The van der Waals surface area contributed by atoms with Crippen LogP contribution in [0.3, 0.4) is 0 Å². The highest BCUT2D eigenvalue weighted by atomic mass is 35.5. The van der Waals surface area contributed by atoms with Gasteiger partial charge in [-0.25, -0.2) is 9.97 Å². The molecule has 0 aliphatic heterocycles. The van der Waals surface area contributed by atoms with Crippen molar-refractivity contribution in [1.82, 2.24) is 15.3 Å². The summed E-state index contributed by atoms with van der Waals surface area (Å²) in [6.45, 7) is 5.70. The van der Waals surface area contributed by atoms with E-state index in [4.69, 9.17) is 16.7 Å². The van der Waals surface area contributed by atoms with Crippen LogP contribution < -0.4 is 10.6 Å². The molecule has 1 amide bonds. The molecule has 0 radical (unpaired) electrons. The number of nitrogens with one attached hydrogen (secondary N) is 2. The summed E-state index contributed by atoms with van der Waals surface area (Å²) in [6.07, 6.45) is 0. The van der Waals surface area contributed by atoms with Gasteiger partial charge in [-0.05, 0) is 38.0 Å². The average molecular weight is 381 g/mol. The summed E-state index contributed by atoms with van der Waals surface area (Å²) < 4.78 is 0. The molecule has 3 N–H and O–H groups in total. The Balaban J connectivity index is 2.07. The number of thioether (sulfide) groups is 1. The Kier molecular flexibility index (Phi) is 7.04. The van der Waals surface area contributed by atoms with Gasteiger partial charge in [0.1, 0.15) is 11.0 Å². The SMILES string of the molecule is Cc1cccc(Nc2cc(Cl)nc(SCC(=O)NC(C)CO)n2)c1C. The van der Waals surface area contributed by atoms with E-state index < -0.39 is 0 Å². The summed E-state index contributed by atoms with van der Waals surface area (Å²) in [5.41, 5.74) is 3.25. The van der Waals surface area contributed by atoms with Gasteiger partial charge in [0.05, 0.1) is 12.4 Å². The molecule has 0 spiro atoms. The van der Waals surface area contributed by atoms with Gasteiger partial charge in [0, 0.05) is 17.8 Å². The second kappa shape index (κ2) is 9.03. The molecule has 1 unspecified atom stereocenters. The lowest BCUT2D eigenvalue weighted by atomic mass is 10.1. The smallest absolute Gasteiger partial charge is 0.230 e. The number of anilines is 2. The summed E-state index contributed by atoms with van der Waals surface area (Å²) in [4.78, 5) is 20.3. The fourth-order valence-corrected chi connectivity index (χ4v) is 2.94. The lowest BCUT2D eigenvalue weighted by Gasteiger charge is -2.12. The van der Waals surface area contributed by atoms with Gasteiger partial charge in [0.2, 0.25) is 5.91 Å². The van der Waals surface area contributed by atoms with Crippen molar-refractivity contribution >= 4 is 40.8 Å². The molecule has 134 valence electrons. The zero-order chi connectivity index (χ0) is 18.4. The number of aromatic nitrogens is 2. The Morgan fingerprint density at radius 3 is 2.84 bits per heavy atom. The molecule has 0 bridgehead atoms. The van der Waals surface area contributed by atoms with Crippen molar-refractivity contribution in [2.24, 2.45) is 0 Å². The fourth-order valence-electron chi connectivity index (χ4n) is 2.04. The number of hydrogen-bond donors (Lipinski definition) is 3. The summed E-state index contributed by atoms with van der Waals surface area (Å²) in [5.74, 6) is 0.521.